The van der Waals surface area contributed by atoms with E-state index in [0.717, 1.165) is 66.5 Å². The molecule has 0 aliphatic heterocycles. The van der Waals surface area contributed by atoms with Crippen molar-refractivity contribution in [1.82, 2.24) is 29.9 Å². The van der Waals surface area contributed by atoms with Gasteiger partial charge in [-0.3, -0.25) is 4.98 Å². The molecule has 4 aromatic heterocycles. The van der Waals surface area contributed by atoms with Crippen LogP contribution in [0.3, 0.4) is 0 Å². The summed E-state index contributed by atoms with van der Waals surface area (Å²) >= 11 is 0. The first-order chi connectivity index (χ1) is 23.3. The molecule has 0 spiro atoms. The number of benzene rings is 5. The van der Waals surface area contributed by atoms with Crippen LogP contribution in [-0.4, -0.2) is 29.9 Å². The van der Waals surface area contributed by atoms with E-state index in [1.54, 1.807) is 6.20 Å². The van der Waals surface area contributed by atoms with Crippen molar-refractivity contribution in [3.8, 4) is 56.9 Å². The maximum Gasteiger partial charge on any atom is 0.164 e. The molecule has 0 bridgehead atoms. The van der Waals surface area contributed by atoms with E-state index < -0.39 is 0 Å². The summed E-state index contributed by atoms with van der Waals surface area (Å²) in [6.07, 6.45) is 1.77. The van der Waals surface area contributed by atoms with E-state index in [4.69, 9.17) is 34.3 Å². The van der Waals surface area contributed by atoms with Crippen molar-refractivity contribution in [3.05, 3.63) is 146 Å². The maximum atomic E-state index is 6.17. The summed E-state index contributed by atoms with van der Waals surface area (Å²) in [6, 6.07) is 45.9. The van der Waals surface area contributed by atoms with Crippen molar-refractivity contribution in [1.29, 1.82) is 0 Å². The predicted octanol–water partition coefficient (Wildman–Crippen LogP) is 9.44. The Kier molecular flexibility index (Phi) is 6.31. The van der Waals surface area contributed by atoms with Gasteiger partial charge in [-0.05, 0) is 18.2 Å². The lowest BCUT2D eigenvalue weighted by Gasteiger charge is -2.11. The monoisotopic (exact) mass is 604 g/mol. The molecule has 7 nitrogen and oxygen atoms in total. The van der Waals surface area contributed by atoms with Crippen molar-refractivity contribution < 1.29 is 4.42 Å². The molecule has 47 heavy (non-hydrogen) atoms. The number of hydrogen-bond acceptors (Lipinski definition) is 7. The van der Waals surface area contributed by atoms with Crippen LogP contribution in [0.5, 0.6) is 0 Å². The minimum atomic E-state index is 0.590. The molecule has 0 radical (unpaired) electrons. The molecule has 9 aromatic rings. The summed E-state index contributed by atoms with van der Waals surface area (Å²) < 4.78 is 6.17. The van der Waals surface area contributed by atoms with Crippen molar-refractivity contribution in [2.24, 2.45) is 0 Å². The molecule has 0 aliphatic rings. The average molecular weight is 605 g/mol. The van der Waals surface area contributed by atoms with E-state index in [1.807, 2.05) is 133 Å². The zero-order valence-electron chi connectivity index (χ0n) is 24.9. The Balaban J connectivity index is 1.17. The van der Waals surface area contributed by atoms with Gasteiger partial charge in [-0.1, -0.05) is 121 Å². The average Bonchev–Trinajstić information content (AvgIpc) is 3.54. The third-order valence-corrected chi connectivity index (χ3v) is 8.22. The van der Waals surface area contributed by atoms with Gasteiger partial charge in [0.25, 0.3) is 0 Å². The summed E-state index contributed by atoms with van der Waals surface area (Å²) in [5.74, 6) is 2.43. The summed E-state index contributed by atoms with van der Waals surface area (Å²) in [5.41, 5.74) is 7.52. The Labute approximate surface area is 269 Å². The Morgan fingerprint density at radius 1 is 0.362 bits per heavy atom. The molecule has 7 heteroatoms. The van der Waals surface area contributed by atoms with Crippen LogP contribution in [0.1, 0.15) is 0 Å². The van der Waals surface area contributed by atoms with Gasteiger partial charge in [-0.15, -0.1) is 0 Å². The summed E-state index contributed by atoms with van der Waals surface area (Å²) in [4.78, 5) is 29.5. The van der Waals surface area contributed by atoms with E-state index in [9.17, 15) is 0 Å². The predicted molar refractivity (Wildman–Crippen MR) is 185 cm³/mol. The van der Waals surface area contributed by atoms with Gasteiger partial charge in [-0.25, -0.2) is 24.9 Å². The molecule has 4 heterocycles. The quantitative estimate of drug-likeness (QED) is 0.193. The normalized spacial score (nSPS) is 11.4. The minimum absolute atomic E-state index is 0.590. The van der Waals surface area contributed by atoms with E-state index in [-0.39, 0.29) is 0 Å². The van der Waals surface area contributed by atoms with Gasteiger partial charge in [0.15, 0.2) is 23.3 Å². The fourth-order valence-corrected chi connectivity index (χ4v) is 5.94. The second-order valence-corrected chi connectivity index (χ2v) is 11.2. The highest BCUT2D eigenvalue weighted by Crippen LogP contribution is 2.37. The molecule has 0 amide bonds. The molecular weight excluding hydrogens is 580 g/mol. The number of aromatic nitrogens is 6. The minimum Gasteiger partial charge on any atom is -0.456 e. The number of rotatable bonds is 5. The lowest BCUT2D eigenvalue weighted by Crippen LogP contribution is -2.00. The van der Waals surface area contributed by atoms with Crippen LogP contribution in [0.4, 0.5) is 0 Å². The van der Waals surface area contributed by atoms with E-state index in [2.05, 4.69) is 6.07 Å². The van der Waals surface area contributed by atoms with Gasteiger partial charge in [0.1, 0.15) is 22.6 Å². The number of fused-ring (bicyclic) bond motifs is 4. The molecule has 0 aliphatic carbocycles. The SMILES string of the molecule is c1ccc(-c2nc(-c3ccccc3)nc(-c3ccc(-c4nc(-c5nccc6oc7ccccc7c56)c5ccccc5n4)cc3)n2)cc1. The van der Waals surface area contributed by atoms with Crippen molar-refractivity contribution in [2.45, 2.75) is 0 Å². The largest absolute Gasteiger partial charge is 0.456 e. The lowest BCUT2D eigenvalue weighted by atomic mass is 10.0. The van der Waals surface area contributed by atoms with E-state index in [0.29, 0.717) is 23.3 Å². The topological polar surface area (TPSA) is 90.5 Å². The van der Waals surface area contributed by atoms with Crippen LogP contribution in [0.2, 0.25) is 0 Å². The fourth-order valence-electron chi connectivity index (χ4n) is 5.94. The van der Waals surface area contributed by atoms with E-state index in [1.165, 1.54) is 0 Å². The third kappa shape index (κ3) is 4.78. The molecule has 0 saturated carbocycles. The number of nitrogens with zero attached hydrogens (tertiary/aromatic N) is 6. The van der Waals surface area contributed by atoms with Gasteiger partial charge < -0.3 is 4.42 Å². The van der Waals surface area contributed by atoms with Crippen LogP contribution in [0, 0.1) is 0 Å². The van der Waals surface area contributed by atoms with Crippen molar-refractivity contribution in [3.63, 3.8) is 0 Å². The molecule has 0 fully saturated rings. The first-order valence-corrected chi connectivity index (χ1v) is 15.3. The molecule has 9 rings (SSSR count). The number of pyridine rings is 1. The second kappa shape index (κ2) is 11.1. The van der Waals surface area contributed by atoms with Crippen LogP contribution in [0.15, 0.2) is 150 Å². The summed E-state index contributed by atoms with van der Waals surface area (Å²) in [6.45, 7) is 0. The number of para-hydroxylation sites is 2. The summed E-state index contributed by atoms with van der Waals surface area (Å²) in [7, 11) is 0. The number of furan rings is 1. The Bertz CT molecular complexity index is 2510. The van der Waals surface area contributed by atoms with Gasteiger partial charge in [0.05, 0.1) is 10.9 Å². The standard InChI is InChI=1S/C40H24N6O/c1-3-11-25(12-4-1)38-44-39(26-13-5-2-6-14-26)46-40(45-38)28-21-19-27(20-22-28)37-42-31-17-9-7-15-29(31)35(43-37)36-34-30-16-8-10-18-32(30)47-33(34)23-24-41-36/h1-24H. The summed E-state index contributed by atoms with van der Waals surface area (Å²) in [5, 5.41) is 2.86. The van der Waals surface area contributed by atoms with Gasteiger partial charge in [0.2, 0.25) is 0 Å². The zero-order chi connectivity index (χ0) is 31.2. The third-order valence-electron chi connectivity index (χ3n) is 8.22. The van der Waals surface area contributed by atoms with Gasteiger partial charge >= 0.3 is 0 Å². The Morgan fingerprint density at radius 3 is 1.51 bits per heavy atom. The Hall–Kier alpha value is -6.60. The highest BCUT2D eigenvalue weighted by atomic mass is 16.3. The van der Waals surface area contributed by atoms with Gasteiger partial charge in [0, 0.05) is 39.2 Å². The molecule has 0 N–H and O–H groups in total. The lowest BCUT2D eigenvalue weighted by molar-refractivity contribution is 0.668. The fraction of sp³-hybridized carbons (Fsp3) is 0. The van der Waals surface area contributed by atoms with Gasteiger partial charge in [-0.2, -0.15) is 0 Å². The highest BCUT2D eigenvalue weighted by Gasteiger charge is 2.19. The van der Waals surface area contributed by atoms with Crippen molar-refractivity contribution in [2.75, 3.05) is 0 Å². The Morgan fingerprint density at radius 2 is 0.872 bits per heavy atom. The van der Waals surface area contributed by atoms with Crippen LogP contribution in [-0.2, 0) is 0 Å². The molecule has 5 aromatic carbocycles. The molecule has 220 valence electrons. The maximum absolute atomic E-state index is 6.17. The van der Waals surface area contributed by atoms with Crippen LogP contribution >= 0.6 is 0 Å². The highest BCUT2D eigenvalue weighted by molar-refractivity contribution is 6.13. The molecular formula is C40H24N6O. The van der Waals surface area contributed by atoms with Crippen LogP contribution < -0.4 is 0 Å². The first-order valence-electron chi connectivity index (χ1n) is 15.3. The van der Waals surface area contributed by atoms with E-state index >= 15 is 0 Å². The smallest absolute Gasteiger partial charge is 0.164 e. The molecule has 0 unspecified atom stereocenters. The first kappa shape index (κ1) is 26.8. The molecule has 0 saturated heterocycles. The van der Waals surface area contributed by atoms with Crippen molar-refractivity contribution >= 4 is 32.8 Å². The number of hydrogen-bond donors (Lipinski definition) is 0. The van der Waals surface area contributed by atoms with Crippen LogP contribution in [0.25, 0.3) is 89.8 Å². The zero-order valence-corrected chi connectivity index (χ0v) is 24.9. The molecule has 0 atom stereocenters. The second-order valence-electron chi connectivity index (χ2n) is 11.2.